The van der Waals surface area contributed by atoms with Crippen LogP contribution in [-0.4, -0.2) is 16.9 Å². The summed E-state index contributed by atoms with van der Waals surface area (Å²) in [6, 6.07) is 3.28. The molecule has 0 radical (unpaired) electrons. The van der Waals surface area contributed by atoms with Crippen LogP contribution in [-0.2, 0) is 0 Å². The van der Waals surface area contributed by atoms with Crippen LogP contribution in [0.4, 0.5) is 5.82 Å². The Bertz CT molecular complexity index is 497. The second kappa shape index (κ2) is 3.85. The number of anilines is 1. The second-order valence-corrected chi connectivity index (χ2v) is 6.32. The van der Waals surface area contributed by atoms with Crippen molar-refractivity contribution in [2.45, 2.75) is 33.7 Å². The molecule has 0 spiro atoms. The first kappa shape index (κ1) is 13.1. The number of nitrogens with zero attached hydrogens (tertiary/aromatic N) is 1. The minimum Gasteiger partial charge on any atom is -0.384 e. The van der Waals surface area contributed by atoms with E-state index in [9.17, 15) is 4.79 Å². The summed E-state index contributed by atoms with van der Waals surface area (Å²) in [6.07, 6.45) is 0. The fourth-order valence-corrected chi connectivity index (χ4v) is 2.56. The molecule has 98 valence electrons. The summed E-state index contributed by atoms with van der Waals surface area (Å²) in [4.78, 5) is 16.1. The molecule has 1 aromatic heterocycles. The third-order valence-electron chi connectivity index (χ3n) is 4.38. The standard InChI is InChI=1S/C13H18ClN3O/c1-12(2)11(13(12,3)4)17-10(18)9-7(14)5-6-8(15)16-9/h5-6,11H,1-4H3,(H2,15,16)(H,17,18). The van der Waals surface area contributed by atoms with Gasteiger partial charge in [0.05, 0.1) is 5.02 Å². The Hall–Kier alpha value is -1.29. The fraction of sp³-hybridized carbons (Fsp3) is 0.538. The Morgan fingerprint density at radius 1 is 1.33 bits per heavy atom. The van der Waals surface area contributed by atoms with Crippen LogP contribution < -0.4 is 11.1 Å². The van der Waals surface area contributed by atoms with Gasteiger partial charge in [0.15, 0.2) is 0 Å². The van der Waals surface area contributed by atoms with E-state index in [0.717, 1.165) is 0 Å². The van der Waals surface area contributed by atoms with Crippen molar-refractivity contribution >= 4 is 23.3 Å². The van der Waals surface area contributed by atoms with Gasteiger partial charge in [0.2, 0.25) is 0 Å². The van der Waals surface area contributed by atoms with E-state index in [1.54, 1.807) is 12.1 Å². The van der Waals surface area contributed by atoms with Crippen molar-refractivity contribution in [2.75, 3.05) is 5.73 Å². The maximum Gasteiger partial charge on any atom is 0.271 e. The average molecular weight is 268 g/mol. The largest absolute Gasteiger partial charge is 0.384 e. The number of carbonyl (C=O) groups is 1. The molecule has 0 bridgehead atoms. The number of pyridine rings is 1. The Labute approximate surface area is 112 Å². The minimum absolute atomic E-state index is 0.0788. The van der Waals surface area contributed by atoms with E-state index in [-0.39, 0.29) is 28.5 Å². The number of amides is 1. The summed E-state index contributed by atoms with van der Waals surface area (Å²) in [7, 11) is 0. The quantitative estimate of drug-likeness (QED) is 0.865. The highest BCUT2D eigenvalue weighted by Crippen LogP contribution is 2.62. The number of rotatable bonds is 2. The van der Waals surface area contributed by atoms with Gasteiger partial charge in [0, 0.05) is 6.04 Å². The van der Waals surface area contributed by atoms with E-state index in [1.807, 2.05) is 0 Å². The number of nitrogen functional groups attached to an aromatic ring is 1. The molecule has 0 saturated heterocycles. The van der Waals surface area contributed by atoms with Gasteiger partial charge in [0.1, 0.15) is 11.5 Å². The average Bonchev–Trinajstić information content (AvgIpc) is 2.64. The van der Waals surface area contributed by atoms with Gasteiger partial charge in [0.25, 0.3) is 5.91 Å². The monoisotopic (exact) mass is 267 g/mol. The zero-order chi connectivity index (χ0) is 13.7. The highest BCUT2D eigenvalue weighted by molar-refractivity contribution is 6.33. The van der Waals surface area contributed by atoms with Crippen molar-refractivity contribution in [2.24, 2.45) is 10.8 Å². The molecule has 0 atom stereocenters. The van der Waals surface area contributed by atoms with Gasteiger partial charge in [-0.2, -0.15) is 0 Å². The zero-order valence-corrected chi connectivity index (χ0v) is 11.8. The molecule has 0 aliphatic heterocycles. The van der Waals surface area contributed by atoms with Crippen LogP contribution >= 0.6 is 11.6 Å². The molecule has 1 saturated carbocycles. The van der Waals surface area contributed by atoms with Crippen molar-refractivity contribution in [3.05, 3.63) is 22.8 Å². The number of nitrogens with two attached hydrogens (primary N) is 1. The van der Waals surface area contributed by atoms with Crippen molar-refractivity contribution < 1.29 is 4.79 Å². The molecule has 1 aliphatic rings. The summed E-state index contributed by atoms with van der Waals surface area (Å²) < 4.78 is 0. The molecular weight excluding hydrogens is 250 g/mol. The molecule has 2 rings (SSSR count). The third kappa shape index (κ3) is 1.85. The fourth-order valence-electron chi connectivity index (χ4n) is 2.37. The van der Waals surface area contributed by atoms with E-state index < -0.39 is 0 Å². The number of nitrogens with one attached hydrogen (secondary N) is 1. The number of carbonyl (C=O) groups excluding carboxylic acids is 1. The second-order valence-electron chi connectivity index (χ2n) is 5.92. The summed E-state index contributed by atoms with van der Waals surface area (Å²) in [5, 5.41) is 3.29. The van der Waals surface area contributed by atoms with E-state index in [2.05, 4.69) is 38.0 Å². The van der Waals surface area contributed by atoms with Crippen LogP contribution in [0.15, 0.2) is 12.1 Å². The van der Waals surface area contributed by atoms with Crippen molar-refractivity contribution in [1.29, 1.82) is 0 Å². The van der Waals surface area contributed by atoms with Crippen LogP contribution in [0.5, 0.6) is 0 Å². The molecule has 1 heterocycles. The van der Waals surface area contributed by atoms with Gasteiger partial charge in [-0.3, -0.25) is 4.79 Å². The van der Waals surface area contributed by atoms with Gasteiger partial charge in [-0.25, -0.2) is 4.98 Å². The van der Waals surface area contributed by atoms with Gasteiger partial charge in [-0.05, 0) is 23.0 Å². The summed E-state index contributed by atoms with van der Waals surface area (Å²) in [6.45, 7) is 8.53. The zero-order valence-electron chi connectivity index (χ0n) is 11.0. The van der Waals surface area contributed by atoms with Crippen molar-refractivity contribution in [3.63, 3.8) is 0 Å². The first-order valence-corrected chi connectivity index (χ1v) is 6.28. The lowest BCUT2D eigenvalue weighted by Crippen LogP contribution is -2.30. The van der Waals surface area contributed by atoms with E-state index in [4.69, 9.17) is 17.3 Å². The maximum atomic E-state index is 12.1. The molecule has 5 heteroatoms. The highest BCUT2D eigenvalue weighted by Gasteiger charge is 2.65. The molecule has 3 N–H and O–H groups in total. The first-order valence-electron chi connectivity index (χ1n) is 5.91. The Balaban J connectivity index is 2.17. The molecule has 1 fully saturated rings. The molecule has 4 nitrogen and oxygen atoms in total. The normalized spacial score (nSPS) is 20.5. The van der Waals surface area contributed by atoms with Crippen LogP contribution in [0, 0.1) is 10.8 Å². The van der Waals surface area contributed by atoms with Gasteiger partial charge in [-0.1, -0.05) is 39.3 Å². The lowest BCUT2D eigenvalue weighted by Gasteiger charge is -2.08. The lowest BCUT2D eigenvalue weighted by atomic mass is 10.0. The van der Waals surface area contributed by atoms with Crippen LogP contribution in [0.25, 0.3) is 0 Å². The SMILES string of the molecule is CC1(C)C(NC(=O)c2nc(N)ccc2Cl)C1(C)C. The number of aromatic nitrogens is 1. The molecule has 18 heavy (non-hydrogen) atoms. The van der Waals surface area contributed by atoms with Crippen LogP contribution in [0.2, 0.25) is 5.02 Å². The van der Waals surface area contributed by atoms with Crippen LogP contribution in [0.1, 0.15) is 38.2 Å². The van der Waals surface area contributed by atoms with E-state index in [0.29, 0.717) is 10.8 Å². The summed E-state index contributed by atoms with van der Waals surface area (Å²) >= 11 is 5.96. The summed E-state index contributed by atoms with van der Waals surface area (Å²) in [5.41, 5.74) is 5.92. The minimum atomic E-state index is -0.268. The van der Waals surface area contributed by atoms with Crippen molar-refractivity contribution in [1.82, 2.24) is 10.3 Å². The van der Waals surface area contributed by atoms with E-state index in [1.165, 1.54) is 0 Å². The lowest BCUT2D eigenvalue weighted by molar-refractivity contribution is 0.0939. The third-order valence-corrected chi connectivity index (χ3v) is 4.68. The predicted molar refractivity (Wildman–Crippen MR) is 72.5 cm³/mol. The Morgan fingerprint density at radius 3 is 2.39 bits per heavy atom. The summed E-state index contributed by atoms with van der Waals surface area (Å²) in [5.74, 6) is 0.0230. The maximum absolute atomic E-state index is 12.1. The van der Waals surface area contributed by atoms with Crippen LogP contribution in [0.3, 0.4) is 0 Å². The van der Waals surface area contributed by atoms with Crippen molar-refractivity contribution in [3.8, 4) is 0 Å². The molecule has 0 unspecified atom stereocenters. The molecule has 1 aromatic rings. The number of hydrogen-bond donors (Lipinski definition) is 2. The number of halogens is 1. The Kier molecular flexibility index (Phi) is 2.81. The highest BCUT2D eigenvalue weighted by atomic mass is 35.5. The molecular formula is C13H18ClN3O. The predicted octanol–water partition coefficient (Wildman–Crippen LogP) is 2.48. The first-order chi connectivity index (χ1) is 8.18. The Morgan fingerprint density at radius 2 is 1.89 bits per heavy atom. The van der Waals surface area contributed by atoms with Gasteiger partial charge in [-0.15, -0.1) is 0 Å². The molecule has 0 aromatic carbocycles. The number of hydrogen-bond acceptors (Lipinski definition) is 3. The topological polar surface area (TPSA) is 68.0 Å². The smallest absolute Gasteiger partial charge is 0.271 e. The van der Waals surface area contributed by atoms with Gasteiger partial charge < -0.3 is 11.1 Å². The molecule has 1 amide bonds. The van der Waals surface area contributed by atoms with E-state index >= 15 is 0 Å². The van der Waals surface area contributed by atoms with Gasteiger partial charge >= 0.3 is 0 Å². The molecule has 1 aliphatic carbocycles.